The van der Waals surface area contributed by atoms with Crippen molar-refractivity contribution in [2.45, 2.75) is 57.3 Å². The van der Waals surface area contributed by atoms with E-state index in [9.17, 15) is 4.79 Å². The Labute approximate surface area is 138 Å². The summed E-state index contributed by atoms with van der Waals surface area (Å²) in [6.07, 6.45) is 9.65. The molecule has 1 aromatic carbocycles. The third-order valence-corrected chi connectivity index (χ3v) is 7.88. The second-order valence-corrected chi connectivity index (χ2v) is 8.35. The molecule has 0 radical (unpaired) electrons. The molecule has 1 spiro atoms. The van der Waals surface area contributed by atoms with Gasteiger partial charge in [0.1, 0.15) is 11.5 Å². The molecular weight excluding hydrogens is 284 g/mol. The highest BCUT2D eigenvalue weighted by molar-refractivity contribution is 5.84. The summed E-state index contributed by atoms with van der Waals surface area (Å²) < 4.78 is 5.42. The third kappa shape index (κ3) is 1.78. The first-order valence-corrected chi connectivity index (χ1v) is 9.42. The van der Waals surface area contributed by atoms with Gasteiger partial charge in [-0.1, -0.05) is 6.07 Å². The van der Waals surface area contributed by atoms with E-state index >= 15 is 0 Å². The highest BCUT2D eigenvalue weighted by atomic mass is 16.5. The van der Waals surface area contributed by atoms with Gasteiger partial charge in [0.2, 0.25) is 0 Å². The lowest BCUT2D eigenvalue weighted by atomic mass is 9.54. The van der Waals surface area contributed by atoms with Crippen molar-refractivity contribution in [3.8, 4) is 5.75 Å². The van der Waals surface area contributed by atoms with Gasteiger partial charge in [-0.05, 0) is 91.4 Å². The molecule has 2 nitrogen and oxygen atoms in total. The van der Waals surface area contributed by atoms with Crippen LogP contribution in [-0.2, 0) is 11.2 Å². The maximum atomic E-state index is 12.3. The molecule has 4 aliphatic rings. The molecule has 0 N–H and O–H groups in total. The average Bonchev–Trinajstić information content (AvgIpc) is 3.11. The molecule has 0 heterocycles. The number of fused-ring (bicyclic) bond motifs is 4. The molecule has 0 saturated heterocycles. The van der Waals surface area contributed by atoms with Gasteiger partial charge in [0, 0.05) is 12.3 Å². The van der Waals surface area contributed by atoms with Crippen LogP contribution in [0.4, 0.5) is 0 Å². The van der Waals surface area contributed by atoms with Gasteiger partial charge in [-0.2, -0.15) is 0 Å². The van der Waals surface area contributed by atoms with Crippen LogP contribution < -0.4 is 4.74 Å². The van der Waals surface area contributed by atoms with Crippen LogP contribution in [0.3, 0.4) is 0 Å². The predicted molar refractivity (Wildman–Crippen MR) is 89.7 cm³/mol. The molecule has 0 aliphatic heterocycles. The first-order valence-electron chi connectivity index (χ1n) is 9.42. The number of hydrogen-bond donors (Lipinski definition) is 0. The van der Waals surface area contributed by atoms with Crippen molar-refractivity contribution in [3.63, 3.8) is 0 Å². The standard InChI is InChI=1S/C21H26O2/c1-23-14-3-5-15-13(12-14)2-4-17-16(15)8-10-21-11-9-20(22)19(21)7-6-18(17)21/h3,5,12,16-19H,2,4,6-11H2,1H3/t16?,17-,18?,19-,21-/m1/s1. The van der Waals surface area contributed by atoms with Gasteiger partial charge in [0.25, 0.3) is 0 Å². The van der Waals surface area contributed by atoms with Gasteiger partial charge >= 0.3 is 0 Å². The van der Waals surface area contributed by atoms with E-state index < -0.39 is 0 Å². The van der Waals surface area contributed by atoms with Crippen LogP contribution in [0.25, 0.3) is 0 Å². The van der Waals surface area contributed by atoms with E-state index in [4.69, 9.17) is 4.74 Å². The SMILES string of the molecule is COc1ccc2c(c1)CC[C@@H]1C2CC[C@]23CCC(=O)[C@H]2CCC13. The van der Waals surface area contributed by atoms with Gasteiger partial charge in [-0.15, -0.1) is 0 Å². The smallest absolute Gasteiger partial charge is 0.136 e. The zero-order valence-electron chi connectivity index (χ0n) is 14.0. The van der Waals surface area contributed by atoms with Crippen molar-refractivity contribution in [2.75, 3.05) is 7.11 Å². The van der Waals surface area contributed by atoms with Crippen LogP contribution in [0.2, 0.25) is 0 Å². The molecule has 3 saturated carbocycles. The van der Waals surface area contributed by atoms with Gasteiger partial charge in [0.15, 0.2) is 0 Å². The number of carbonyl (C=O) groups is 1. The van der Waals surface area contributed by atoms with Gasteiger partial charge in [-0.3, -0.25) is 4.79 Å². The molecule has 0 aromatic heterocycles. The molecule has 122 valence electrons. The molecule has 5 rings (SSSR count). The number of methoxy groups -OCH3 is 1. The van der Waals surface area contributed by atoms with E-state index in [2.05, 4.69) is 18.2 Å². The van der Waals surface area contributed by atoms with E-state index in [0.717, 1.165) is 29.9 Å². The summed E-state index contributed by atoms with van der Waals surface area (Å²) in [5.74, 6) is 4.37. The Kier molecular flexibility index (Phi) is 2.96. The molecule has 1 aromatic rings. The van der Waals surface area contributed by atoms with E-state index in [-0.39, 0.29) is 0 Å². The quantitative estimate of drug-likeness (QED) is 0.763. The fourth-order valence-electron chi connectivity index (χ4n) is 6.99. The Morgan fingerprint density at radius 2 is 2.00 bits per heavy atom. The number of aryl methyl sites for hydroxylation is 1. The zero-order chi connectivity index (χ0) is 15.6. The summed E-state index contributed by atoms with van der Waals surface area (Å²) in [5.41, 5.74) is 3.51. The third-order valence-electron chi connectivity index (χ3n) is 7.88. The van der Waals surface area contributed by atoms with Gasteiger partial charge in [0.05, 0.1) is 7.11 Å². The zero-order valence-corrected chi connectivity index (χ0v) is 14.0. The summed E-state index contributed by atoms with van der Waals surface area (Å²) in [6.45, 7) is 0. The molecule has 5 atom stereocenters. The number of ether oxygens (including phenoxy) is 1. The number of Topliss-reactive ketones (excluding diaryl/α,β-unsaturated/α-hetero) is 1. The Hall–Kier alpha value is -1.31. The van der Waals surface area contributed by atoms with Crippen molar-refractivity contribution < 1.29 is 9.53 Å². The molecule has 4 aliphatic carbocycles. The summed E-state index contributed by atoms with van der Waals surface area (Å²) >= 11 is 0. The first kappa shape index (κ1) is 14.1. The minimum absolute atomic E-state index is 0.405. The van der Waals surface area contributed by atoms with Gasteiger partial charge in [-0.25, -0.2) is 0 Å². The van der Waals surface area contributed by atoms with E-state index in [1.807, 2.05) is 0 Å². The van der Waals surface area contributed by atoms with Crippen LogP contribution in [0.15, 0.2) is 18.2 Å². The number of rotatable bonds is 1. The Balaban J connectivity index is 1.51. The average molecular weight is 310 g/mol. The van der Waals surface area contributed by atoms with Crippen LogP contribution >= 0.6 is 0 Å². The number of ketones is 1. The van der Waals surface area contributed by atoms with Crippen LogP contribution in [0.1, 0.15) is 62.0 Å². The maximum Gasteiger partial charge on any atom is 0.136 e. The summed E-state index contributed by atoms with van der Waals surface area (Å²) in [7, 11) is 1.76. The van der Waals surface area contributed by atoms with Crippen molar-refractivity contribution >= 4 is 5.78 Å². The first-order chi connectivity index (χ1) is 11.2. The molecular formula is C21H26O2. The van der Waals surface area contributed by atoms with E-state index in [0.29, 0.717) is 17.1 Å². The minimum atomic E-state index is 0.405. The Morgan fingerprint density at radius 1 is 1.09 bits per heavy atom. The predicted octanol–water partition coefficient (Wildman–Crippen LogP) is 4.51. The summed E-state index contributed by atoms with van der Waals surface area (Å²) in [4.78, 5) is 12.3. The van der Waals surface area contributed by atoms with Crippen molar-refractivity contribution in [3.05, 3.63) is 29.3 Å². The lowest BCUT2D eigenvalue weighted by molar-refractivity contribution is -0.122. The number of hydrogen-bond acceptors (Lipinski definition) is 2. The fraction of sp³-hybridized carbons (Fsp3) is 0.667. The molecule has 3 fully saturated rings. The molecule has 0 amide bonds. The second-order valence-electron chi connectivity index (χ2n) is 8.35. The molecule has 2 unspecified atom stereocenters. The van der Waals surface area contributed by atoms with Gasteiger partial charge < -0.3 is 4.74 Å². The lowest BCUT2D eigenvalue weighted by Gasteiger charge is -2.50. The maximum absolute atomic E-state index is 12.3. The number of benzene rings is 1. The largest absolute Gasteiger partial charge is 0.497 e. The van der Waals surface area contributed by atoms with Crippen molar-refractivity contribution in [2.24, 2.45) is 23.2 Å². The second kappa shape index (κ2) is 4.84. The lowest BCUT2D eigenvalue weighted by Crippen LogP contribution is -2.42. The van der Waals surface area contributed by atoms with Crippen molar-refractivity contribution in [1.82, 2.24) is 0 Å². The Bertz CT molecular complexity index is 664. The normalized spacial score (nSPS) is 41.0. The molecule has 23 heavy (non-hydrogen) atoms. The van der Waals surface area contributed by atoms with Crippen molar-refractivity contribution in [1.29, 1.82) is 0 Å². The Morgan fingerprint density at radius 3 is 2.87 bits per heavy atom. The van der Waals surface area contributed by atoms with E-state index in [1.54, 1.807) is 12.7 Å². The van der Waals surface area contributed by atoms with E-state index in [1.165, 1.54) is 50.5 Å². The summed E-state index contributed by atoms with van der Waals surface area (Å²) in [5, 5.41) is 0. The number of carbonyl (C=O) groups excluding carboxylic acids is 1. The fourth-order valence-corrected chi connectivity index (χ4v) is 6.99. The monoisotopic (exact) mass is 310 g/mol. The van der Waals surface area contributed by atoms with Crippen LogP contribution in [0.5, 0.6) is 5.75 Å². The molecule has 0 bridgehead atoms. The highest BCUT2D eigenvalue weighted by Gasteiger charge is 2.61. The van der Waals surface area contributed by atoms with Crippen LogP contribution in [-0.4, -0.2) is 12.9 Å². The summed E-state index contributed by atoms with van der Waals surface area (Å²) in [6, 6.07) is 6.73. The topological polar surface area (TPSA) is 26.3 Å². The molecule has 2 heteroatoms. The van der Waals surface area contributed by atoms with Crippen LogP contribution in [0, 0.1) is 23.2 Å². The minimum Gasteiger partial charge on any atom is -0.497 e. The highest BCUT2D eigenvalue weighted by Crippen LogP contribution is 2.67.